The van der Waals surface area contributed by atoms with Crippen LogP contribution in [-0.2, 0) is 11.8 Å². The standard InChI is InChI=1S/C21H24FN5O3/c1-26-19(28)16-17(13-3-4-15(29-2)14(22)11-13)24-25-18(16)23-20(26)27-8-5-21(6-9-27)7-10-30-12-21/h3-4,11H,5-10,12H2,1-2H3,(H,24,25). The fourth-order valence-electron chi connectivity index (χ4n) is 4.58. The van der Waals surface area contributed by atoms with Crippen molar-refractivity contribution in [3.05, 3.63) is 34.4 Å². The van der Waals surface area contributed by atoms with E-state index in [-0.39, 0.29) is 16.7 Å². The molecule has 0 unspecified atom stereocenters. The molecule has 2 saturated heterocycles. The molecule has 1 spiro atoms. The summed E-state index contributed by atoms with van der Waals surface area (Å²) in [6.07, 6.45) is 3.16. The normalized spacial score (nSPS) is 18.4. The van der Waals surface area contributed by atoms with Crippen molar-refractivity contribution < 1.29 is 13.9 Å². The number of halogens is 1. The van der Waals surface area contributed by atoms with Crippen LogP contribution in [0.4, 0.5) is 10.3 Å². The Morgan fingerprint density at radius 1 is 1.27 bits per heavy atom. The van der Waals surface area contributed by atoms with Gasteiger partial charge in [0.1, 0.15) is 11.1 Å². The number of aromatic nitrogens is 4. The molecule has 0 radical (unpaired) electrons. The summed E-state index contributed by atoms with van der Waals surface area (Å²) in [7, 11) is 3.13. The molecule has 158 valence electrons. The van der Waals surface area contributed by atoms with Gasteiger partial charge < -0.3 is 14.4 Å². The number of hydrogen-bond donors (Lipinski definition) is 1. The van der Waals surface area contributed by atoms with Crippen molar-refractivity contribution in [2.45, 2.75) is 19.3 Å². The molecule has 3 aromatic rings. The highest BCUT2D eigenvalue weighted by atomic mass is 19.1. The molecule has 0 aliphatic carbocycles. The molecular weight excluding hydrogens is 389 g/mol. The first-order valence-electron chi connectivity index (χ1n) is 10.1. The summed E-state index contributed by atoms with van der Waals surface area (Å²) in [5.74, 6) is 0.255. The van der Waals surface area contributed by atoms with Crippen molar-refractivity contribution in [2.24, 2.45) is 12.5 Å². The average Bonchev–Trinajstić information content (AvgIpc) is 3.39. The molecule has 2 aliphatic heterocycles. The van der Waals surface area contributed by atoms with Gasteiger partial charge in [-0.15, -0.1) is 0 Å². The van der Waals surface area contributed by atoms with E-state index in [2.05, 4.69) is 15.1 Å². The van der Waals surface area contributed by atoms with Crippen LogP contribution in [0, 0.1) is 11.2 Å². The van der Waals surface area contributed by atoms with E-state index in [0.29, 0.717) is 28.2 Å². The topological polar surface area (TPSA) is 85.3 Å². The number of nitrogens with zero attached hydrogens (tertiary/aromatic N) is 4. The van der Waals surface area contributed by atoms with Crippen molar-refractivity contribution >= 4 is 17.0 Å². The third-order valence-electron chi connectivity index (χ3n) is 6.49. The van der Waals surface area contributed by atoms with Crippen LogP contribution < -0.4 is 15.2 Å². The largest absolute Gasteiger partial charge is 0.494 e. The zero-order valence-corrected chi connectivity index (χ0v) is 17.1. The van der Waals surface area contributed by atoms with Crippen LogP contribution in [0.1, 0.15) is 19.3 Å². The lowest BCUT2D eigenvalue weighted by atomic mass is 9.78. The Morgan fingerprint density at radius 2 is 2.07 bits per heavy atom. The Labute approximate surface area is 172 Å². The number of methoxy groups -OCH3 is 1. The van der Waals surface area contributed by atoms with Crippen molar-refractivity contribution in [2.75, 3.05) is 38.3 Å². The lowest BCUT2D eigenvalue weighted by molar-refractivity contribution is 0.133. The van der Waals surface area contributed by atoms with E-state index < -0.39 is 5.82 Å². The second-order valence-corrected chi connectivity index (χ2v) is 8.21. The van der Waals surface area contributed by atoms with Crippen LogP contribution in [0.2, 0.25) is 0 Å². The molecule has 2 fully saturated rings. The van der Waals surface area contributed by atoms with E-state index in [0.717, 1.165) is 45.6 Å². The Bertz CT molecular complexity index is 1160. The van der Waals surface area contributed by atoms with E-state index in [1.54, 1.807) is 17.7 Å². The Kier molecular flexibility index (Phi) is 4.50. The highest BCUT2D eigenvalue weighted by Crippen LogP contribution is 2.40. The van der Waals surface area contributed by atoms with E-state index >= 15 is 0 Å². The zero-order chi connectivity index (χ0) is 20.9. The Balaban J connectivity index is 1.51. The second kappa shape index (κ2) is 7.09. The molecule has 0 bridgehead atoms. The average molecular weight is 413 g/mol. The zero-order valence-electron chi connectivity index (χ0n) is 17.1. The summed E-state index contributed by atoms with van der Waals surface area (Å²) in [6, 6.07) is 4.52. The maximum Gasteiger partial charge on any atom is 0.266 e. The highest BCUT2D eigenvalue weighted by molar-refractivity contribution is 5.90. The quantitative estimate of drug-likeness (QED) is 0.710. The molecule has 1 aromatic carbocycles. The van der Waals surface area contributed by atoms with Gasteiger partial charge in [0.2, 0.25) is 5.95 Å². The molecule has 0 amide bonds. The van der Waals surface area contributed by atoms with E-state index in [1.165, 1.54) is 19.2 Å². The molecule has 8 nitrogen and oxygen atoms in total. The minimum atomic E-state index is -0.509. The van der Waals surface area contributed by atoms with Gasteiger partial charge in [-0.1, -0.05) is 0 Å². The Hall–Kier alpha value is -2.94. The van der Waals surface area contributed by atoms with Gasteiger partial charge in [-0.05, 0) is 42.9 Å². The lowest BCUT2D eigenvalue weighted by Gasteiger charge is -2.39. The number of piperidine rings is 1. The summed E-state index contributed by atoms with van der Waals surface area (Å²) in [5.41, 5.74) is 1.35. The lowest BCUT2D eigenvalue weighted by Crippen LogP contribution is -2.43. The monoisotopic (exact) mass is 413 g/mol. The van der Waals surface area contributed by atoms with Gasteiger partial charge in [0.05, 0.1) is 13.7 Å². The second-order valence-electron chi connectivity index (χ2n) is 8.21. The summed E-state index contributed by atoms with van der Waals surface area (Å²) in [6.45, 7) is 3.33. The predicted octanol–water partition coefficient (Wildman–Crippen LogP) is 2.48. The molecule has 4 heterocycles. The first-order valence-corrected chi connectivity index (χ1v) is 10.1. The summed E-state index contributed by atoms with van der Waals surface area (Å²) >= 11 is 0. The first kappa shape index (κ1) is 19.0. The van der Waals surface area contributed by atoms with Gasteiger partial charge in [-0.3, -0.25) is 14.5 Å². The van der Waals surface area contributed by atoms with Crippen molar-refractivity contribution in [1.82, 2.24) is 19.7 Å². The fourth-order valence-corrected chi connectivity index (χ4v) is 4.58. The third-order valence-corrected chi connectivity index (χ3v) is 6.49. The number of ether oxygens (including phenoxy) is 2. The number of anilines is 1. The molecule has 0 saturated carbocycles. The van der Waals surface area contributed by atoms with Crippen LogP contribution in [0.3, 0.4) is 0 Å². The molecule has 5 rings (SSSR count). The fraction of sp³-hybridized carbons (Fsp3) is 0.476. The predicted molar refractivity (Wildman–Crippen MR) is 110 cm³/mol. The van der Waals surface area contributed by atoms with Gasteiger partial charge in [-0.2, -0.15) is 10.1 Å². The molecule has 0 atom stereocenters. The molecule has 9 heteroatoms. The van der Waals surface area contributed by atoms with E-state index in [9.17, 15) is 9.18 Å². The van der Waals surface area contributed by atoms with Crippen molar-refractivity contribution in [1.29, 1.82) is 0 Å². The first-order chi connectivity index (χ1) is 14.5. The number of fused-ring (bicyclic) bond motifs is 1. The van der Waals surface area contributed by atoms with Gasteiger partial charge in [0.25, 0.3) is 5.56 Å². The van der Waals surface area contributed by atoms with Gasteiger partial charge >= 0.3 is 0 Å². The van der Waals surface area contributed by atoms with Crippen LogP contribution in [0.25, 0.3) is 22.3 Å². The van der Waals surface area contributed by atoms with Crippen LogP contribution in [0.5, 0.6) is 5.75 Å². The summed E-state index contributed by atoms with van der Waals surface area (Å²) in [4.78, 5) is 20.1. The van der Waals surface area contributed by atoms with Crippen molar-refractivity contribution in [3.8, 4) is 17.0 Å². The van der Waals surface area contributed by atoms with Crippen molar-refractivity contribution in [3.63, 3.8) is 0 Å². The van der Waals surface area contributed by atoms with E-state index in [4.69, 9.17) is 14.5 Å². The van der Waals surface area contributed by atoms with Crippen LogP contribution >= 0.6 is 0 Å². The highest BCUT2D eigenvalue weighted by Gasteiger charge is 2.38. The minimum absolute atomic E-state index is 0.141. The summed E-state index contributed by atoms with van der Waals surface area (Å²) in [5, 5.41) is 7.47. The molecular formula is C21H24FN5O3. The van der Waals surface area contributed by atoms with Gasteiger partial charge in [0, 0.05) is 32.3 Å². The number of hydrogen-bond acceptors (Lipinski definition) is 6. The van der Waals surface area contributed by atoms with Crippen LogP contribution in [0.15, 0.2) is 23.0 Å². The minimum Gasteiger partial charge on any atom is -0.494 e. The van der Waals surface area contributed by atoms with Gasteiger partial charge in [0.15, 0.2) is 17.2 Å². The number of nitrogens with one attached hydrogen (secondary N) is 1. The summed E-state index contributed by atoms with van der Waals surface area (Å²) < 4.78 is 26.3. The molecule has 2 aromatic heterocycles. The number of aromatic amines is 1. The smallest absolute Gasteiger partial charge is 0.266 e. The van der Waals surface area contributed by atoms with E-state index in [1.807, 2.05) is 0 Å². The maximum atomic E-state index is 14.2. The SMILES string of the molecule is COc1ccc(-c2n[nH]c3nc(N4CCC5(CCOC5)CC4)n(C)c(=O)c23)cc1F. The molecule has 1 N–H and O–H groups in total. The Morgan fingerprint density at radius 3 is 2.73 bits per heavy atom. The van der Waals surface area contributed by atoms with Crippen LogP contribution in [-0.4, -0.2) is 53.2 Å². The molecule has 2 aliphatic rings. The van der Waals surface area contributed by atoms with Gasteiger partial charge in [-0.25, -0.2) is 4.39 Å². The number of H-pyrrole nitrogens is 1. The number of rotatable bonds is 3. The maximum absolute atomic E-state index is 14.2. The number of benzene rings is 1. The third kappa shape index (κ3) is 2.96. The molecule has 30 heavy (non-hydrogen) atoms.